The maximum Gasteiger partial charge on any atom is 0.268 e. The zero-order valence-electron chi connectivity index (χ0n) is 15.8. The number of ether oxygens (including phenoxy) is 1. The van der Waals surface area contributed by atoms with Crippen molar-refractivity contribution in [3.63, 3.8) is 0 Å². The van der Waals surface area contributed by atoms with Crippen LogP contribution in [0.5, 0.6) is 0 Å². The molecular weight excluding hydrogens is 358 g/mol. The molecule has 1 aromatic carbocycles. The van der Waals surface area contributed by atoms with Crippen LogP contribution in [0.2, 0.25) is 0 Å². The Bertz CT molecular complexity index is 981. The summed E-state index contributed by atoms with van der Waals surface area (Å²) in [6, 6.07) is 11.8. The summed E-state index contributed by atoms with van der Waals surface area (Å²) in [4.78, 5) is 26.8. The van der Waals surface area contributed by atoms with Crippen LogP contribution < -0.4 is 5.32 Å². The molecule has 0 unspecified atom stereocenters. The molecule has 0 saturated carbocycles. The second-order valence-corrected chi connectivity index (χ2v) is 6.95. The van der Waals surface area contributed by atoms with Gasteiger partial charge in [0.15, 0.2) is 5.58 Å². The molecule has 0 spiro atoms. The molecule has 2 aromatic heterocycles. The average molecular weight is 381 g/mol. The van der Waals surface area contributed by atoms with E-state index < -0.39 is 0 Å². The number of morpholine rings is 1. The van der Waals surface area contributed by atoms with Gasteiger partial charge in [-0.15, -0.1) is 0 Å². The van der Waals surface area contributed by atoms with Crippen molar-refractivity contribution in [3.8, 4) is 0 Å². The Morgan fingerprint density at radius 1 is 1.11 bits per heavy atom. The molecule has 0 aliphatic carbocycles. The number of carbonyl (C=O) groups excluding carboxylic acids is 2. The molecule has 1 saturated heterocycles. The zero-order valence-corrected chi connectivity index (χ0v) is 15.8. The fourth-order valence-corrected chi connectivity index (χ4v) is 3.38. The van der Waals surface area contributed by atoms with E-state index in [0.29, 0.717) is 44.1 Å². The molecule has 1 N–H and O–H groups in total. The number of amides is 2. The van der Waals surface area contributed by atoms with Crippen molar-refractivity contribution in [2.75, 3.05) is 32.8 Å². The van der Waals surface area contributed by atoms with Crippen molar-refractivity contribution in [2.24, 2.45) is 0 Å². The summed E-state index contributed by atoms with van der Waals surface area (Å²) < 4.78 is 12.6. The quantitative estimate of drug-likeness (QED) is 0.735. The largest absolute Gasteiger partial charge is 0.463 e. The normalized spacial score (nSPS) is 14.4. The minimum atomic E-state index is -0.292. The lowest BCUT2D eigenvalue weighted by molar-refractivity contribution is -0.134. The lowest BCUT2D eigenvalue weighted by atomic mass is 10.1. The minimum Gasteiger partial charge on any atom is -0.463 e. The molecule has 0 bridgehead atoms. The molecule has 3 heterocycles. The Balaban J connectivity index is 1.50. The van der Waals surface area contributed by atoms with Crippen LogP contribution in [0.15, 0.2) is 47.1 Å². The molecule has 7 heteroatoms. The van der Waals surface area contributed by atoms with E-state index in [-0.39, 0.29) is 18.4 Å². The van der Waals surface area contributed by atoms with Gasteiger partial charge in [0.1, 0.15) is 5.69 Å². The van der Waals surface area contributed by atoms with Crippen LogP contribution in [0, 0.1) is 6.92 Å². The van der Waals surface area contributed by atoms with E-state index in [4.69, 9.17) is 9.15 Å². The van der Waals surface area contributed by atoms with E-state index in [9.17, 15) is 9.59 Å². The molecular formula is C21H23N3O4. The second kappa shape index (κ2) is 7.90. The van der Waals surface area contributed by atoms with Gasteiger partial charge in [-0.25, -0.2) is 0 Å². The zero-order chi connectivity index (χ0) is 19.5. The van der Waals surface area contributed by atoms with Crippen LogP contribution in [-0.4, -0.2) is 54.1 Å². The maximum absolute atomic E-state index is 12.8. The number of hydrogen-bond donors (Lipinski definition) is 1. The first-order valence-electron chi connectivity index (χ1n) is 9.38. The maximum atomic E-state index is 12.8. The molecule has 0 radical (unpaired) electrons. The van der Waals surface area contributed by atoms with Crippen LogP contribution in [0.1, 0.15) is 21.6 Å². The SMILES string of the molecule is Cc1ccc(Cn2c(C(=O)NCC(=O)N3CCOCC3)cc3occc32)cc1. The first kappa shape index (κ1) is 18.3. The highest BCUT2D eigenvalue weighted by atomic mass is 16.5. The molecule has 1 aliphatic rings. The number of nitrogens with zero attached hydrogens (tertiary/aromatic N) is 2. The van der Waals surface area contributed by atoms with Crippen LogP contribution in [-0.2, 0) is 16.1 Å². The van der Waals surface area contributed by atoms with Gasteiger partial charge in [-0.2, -0.15) is 0 Å². The van der Waals surface area contributed by atoms with Crippen LogP contribution in [0.25, 0.3) is 11.1 Å². The van der Waals surface area contributed by atoms with Crippen molar-refractivity contribution in [2.45, 2.75) is 13.5 Å². The second-order valence-electron chi connectivity index (χ2n) is 6.95. The topological polar surface area (TPSA) is 76.7 Å². The number of fused-ring (bicyclic) bond motifs is 1. The van der Waals surface area contributed by atoms with Crippen molar-refractivity contribution >= 4 is 22.9 Å². The lowest BCUT2D eigenvalue weighted by Crippen LogP contribution is -2.45. The van der Waals surface area contributed by atoms with Crippen molar-refractivity contribution in [1.29, 1.82) is 0 Å². The van der Waals surface area contributed by atoms with E-state index in [1.165, 1.54) is 5.56 Å². The predicted molar refractivity (Wildman–Crippen MR) is 104 cm³/mol. The van der Waals surface area contributed by atoms with Gasteiger partial charge in [-0.3, -0.25) is 9.59 Å². The van der Waals surface area contributed by atoms with Gasteiger partial charge in [0.05, 0.1) is 31.5 Å². The number of aryl methyl sites for hydroxylation is 1. The smallest absolute Gasteiger partial charge is 0.268 e. The average Bonchev–Trinajstić information content (AvgIpc) is 3.31. The number of benzene rings is 1. The van der Waals surface area contributed by atoms with Gasteiger partial charge >= 0.3 is 0 Å². The van der Waals surface area contributed by atoms with Crippen molar-refractivity contribution in [3.05, 3.63) is 59.5 Å². The summed E-state index contributed by atoms with van der Waals surface area (Å²) in [5.41, 5.74) is 4.25. The number of rotatable bonds is 5. The fraction of sp³-hybridized carbons (Fsp3) is 0.333. The Morgan fingerprint density at radius 3 is 2.61 bits per heavy atom. The van der Waals surface area contributed by atoms with Gasteiger partial charge in [0.2, 0.25) is 5.91 Å². The van der Waals surface area contributed by atoms with Gasteiger partial charge in [0, 0.05) is 31.8 Å². The highest BCUT2D eigenvalue weighted by Gasteiger charge is 2.21. The molecule has 7 nitrogen and oxygen atoms in total. The van der Waals surface area contributed by atoms with Gasteiger partial charge in [0.25, 0.3) is 5.91 Å². The van der Waals surface area contributed by atoms with Crippen molar-refractivity contribution < 1.29 is 18.7 Å². The lowest BCUT2D eigenvalue weighted by Gasteiger charge is -2.26. The molecule has 3 aromatic rings. The molecule has 28 heavy (non-hydrogen) atoms. The van der Waals surface area contributed by atoms with Gasteiger partial charge in [-0.1, -0.05) is 29.8 Å². The van der Waals surface area contributed by atoms with Crippen molar-refractivity contribution in [1.82, 2.24) is 14.8 Å². The van der Waals surface area contributed by atoms with Crippen LogP contribution >= 0.6 is 0 Å². The number of hydrogen-bond acceptors (Lipinski definition) is 4. The number of carbonyl (C=O) groups is 2. The highest BCUT2D eigenvalue weighted by molar-refractivity contribution is 5.99. The fourth-order valence-electron chi connectivity index (χ4n) is 3.38. The van der Waals surface area contributed by atoms with Gasteiger partial charge in [-0.05, 0) is 12.5 Å². The number of aromatic nitrogens is 1. The molecule has 1 fully saturated rings. The standard InChI is InChI=1S/C21H23N3O4/c1-15-2-4-16(5-3-15)14-24-17-6-9-28-19(17)12-18(24)21(26)22-13-20(25)23-7-10-27-11-8-23/h2-6,9,12H,7-8,10-11,13-14H2,1H3,(H,22,26). The summed E-state index contributed by atoms with van der Waals surface area (Å²) in [5.74, 6) is -0.392. The minimum absolute atomic E-state index is 0.0318. The van der Waals surface area contributed by atoms with E-state index >= 15 is 0 Å². The first-order valence-corrected chi connectivity index (χ1v) is 9.38. The van der Waals surface area contributed by atoms with Gasteiger partial charge < -0.3 is 23.9 Å². The Morgan fingerprint density at radius 2 is 1.86 bits per heavy atom. The Kier molecular flexibility index (Phi) is 5.16. The third kappa shape index (κ3) is 3.80. The molecule has 146 valence electrons. The Labute approximate surface area is 162 Å². The van der Waals surface area contributed by atoms with Crippen LogP contribution in [0.4, 0.5) is 0 Å². The summed E-state index contributed by atoms with van der Waals surface area (Å²) in [6.45, 7) is 4.75. The molecule has 4 rings (SSSR count). The summed E-state index contributed by atoms with van der Waals surface area (Å²) in [6.07, 6.45) is 1.61. The molecule has 1 aliphatic heterocycles. The monoisotopic (exact) mass is 381 g/mol. The number of nitrogens with one attached hydrogen (secondary N) is 1. The Hall–Kier alpha value is -3.06. The summed E-state index contributed by atoms with van der Waals surface area (Å²) in [7, 11) is 0. The first-order chi connectivity index (χ1) is 13.6. The van der Waals surface area contributed by atoms with E-state index in [1.807, 2.05) is 41.8 Å². The molecule has 2 amide bonds. The third-order valence-electron chi connectivity index (χ3n) is 4.98. The summed E-state index contributed by atoms with van der Waals surface area (Å²) >= 11 is 0. The predicted octanol–water partition coefficient (Wildman–Crippen LogP) is 2.18. The summed E-state index contributed by atoms with van der Waals surface area (Å²) in [5, 5.41) is 2.75. The van der Waals surface area contributed by atoms with E-state index in [2.05, 4.69) is 5.32 Å². The number of furan rings is 1. The van der Waals surface area contributed by atoms with E-state index in [1.54, 1.807) is 17.2 Å². The van der Waals surface area contributed by atoms with Crippen LogP contribution in [0.3, 0.4) is 0 Å². The highest BCUT2D eigenvalue weighted by Crippen LogP contribution is 2.22. The third-order valence-corrected chi connectivity index (χ3v) is 4.98. The molecule has 0 atom stereocenters. The van der Waals surface area contributed by atoms with E-state index in [0.717, 1.165) is 11.1 Å².